The molecule has 0 radical (unpaired) electrons. The van der Waals surface area contributed by atoms with Crippen LogP contribution in [-0.2, 0) is 4.79 Å². The monoisotopic (exact) mass is 266 g/mol. The summed E-state index contributed by atoms with van der Waals surface area (Å²) in [6, 6.07) is 2.14. The normalized spacial score (nSPS) is 18.4. The summed E-state index contributed by atoms with van der Waals surface area (Å²) in [6.07, 6.45) is 1.56. The highest BCUT2D eigenvalue weighted by Gasteiger charge is 2.26. The maximum atomic E-state index is 12.2. The van der Waals surface area contributed by atoms with Gasteiger partial charge in [0.05, 0.1) is 6.07 Å². The van der Waals surface area contributed by atoms with Crippen LogP contribution in [0.15, 0.2) is 0 Å². The Kier molecular flexibility index (Phi) is 6.82. The molecule has 0 aliphatic carbocycles. The van der Waals surface area contributed by atoms with E-state index in [-0.39, 0.29) is 5.91 Å². The summed E-state index contributed by atoms with van der Waals surface area (Å²) in [5, 5.41) is 9.04. The number of hydrogen-bond donors (Lipinski definition) is 0. The number of carbonyl (C=O) groups excluding carboxylic acids is 1. The summed E-state index contributed by atoms with van der Waals surface area (Å²) in [7, 11) is 4.14. The smallest absolute Gasteiger partial charge is 0.240 e. The van der Waals surface area contributed by atoms with Crippen LogP contribution in [0.3, 0.4) is 0 Å². The minimum atomic E-state index is -0.446. The Morgan fingerprint density at radius 3 is 2.42 bits per heavy atom. The van der Waals surface area contributed by atoms with E-state index in [1.165, 1.54) is 0 Å². The third-order valence-corrected chi connectivity index (χ3v) is 3.58. The van der Waals surface area contributed by atoms with Gasteiger partial charge in [0.25, 0.3) is 0 Å². The third kappa shape index (κ3) is 5.17. The van der Waals surface area contributed by atoms with Crippen molar-refractivity contribution < 1.29 is 4.79 Å². The van der Waals surface area contributed by atoms with E-state index in [4.69, 9.17) is 5.26 Å². The minimum Gasteiger partial charge on any atom is -0.339 e. The van der Waals surface area contributed by atoms with Crippen LogP contribution in [0.1, 0.15) is 19.8 Å². The van der Waals surface area contributed by atoms with Crippen molar-refractivity contribution in [3.05, 3.63) is 0 Å². The summed E-state index contributed by atoms with van der Waals surface area (Å²) < 4.78 is 0. The van der Waals surface area contributed by atoms with Crippen molar-refractivity contribution in [3.8, 4) is 6.07 Å². The fourth-order valence-corrected chi connectivity index (χ4v) is 2.29. The Morgan fingerprint density at radius 1 is 1.32 bits per heavy atom. The first kappa shape index (κ1) is 15.9. The lowest BCUT2D eigenvalue weighted by Crippen LogP contribution is -2.51. The lowest BCUT2D eigenvalue weighted by Gasteiger charge is -2.36. The van der Waals surface area contributed by atoms with E-state index in [9.17, 15) is 4.79 Å². The van der Waals surface area contributed by atoms with Crippen LogP contribution < -0.4 is 0 Å². The Balaban J connectivity index is 2.36. The molecule has 0 aromatic rings. The van der Waals surface area contributed by atoms with Gasteiger partial charge in [0.2, 0.25) is 5.91 Å². The molecule has 1 aliphatic rings. The highest BCUT2D eigenvalue weighted by Crippen LogP contribution is 2.12. The van der Waals surface area contributed by atoms with E-state index in [1.807, 2.05) is 11.8 Å². The molecular weight excluding hydrogens is 240 g/mol. The lowest BCUT2D eigenvalue weighted by molar-refractivity contribution is -0.135. The number of rotatable bonds is 6. The molecule has 1 atom stereocenters. The number of carbonyl (C=O) groups is 1. The summed E-state index contributed by atoms with van der Waals surface area (Å²) in [5.74, 6) is -0.421. The lowest BCUT2D eigenvalue weighted by atomic mass is 10.0. The predicted molar refractivity (Wildman–Crippen MR) is 75.6 cm³/mol. The van der Waals surface area contributed by atoms with Gasteiger partial charge in [-0.2, -0.15) is 5.26 Å². The molecule has 5 nitrogen and oxygen atoms in total. The molecule has 1 unspecified atom stereocenters. The van der Waals surface area contributed by atoms with Crippen molar-refractivity contribution in [2.24, 2.45) is 5.92 Å². The Morgan fingerprint density at radius 2 is 1.95 bits per heavy atom. The second-order valence-corrected chi connectivity index (χ2v) is 5.44. The van der Waals surface area contributed by atoms with Crippen molar-refractivity contribution in [2.75, 3.05) is 53.4 Å². The Labute approximate surface area is 116 Å². The molecule has 5 heteroatoms. The van der Waals surface area contributed by atoms with Crippen molar-refractivity contribution in [1.29, 1.82) is 5.26 Å². The predicted octanol–water partition coefficient (Wildman–Crippen LogP) is 0.632. The van der Waals surface area contributed by atoms with Crippen molar-refractivity contribution >= 4 is 5.91 Å². The molecule has 19 heavy (non-hydrogen) atoms. The zero-order chi connectivity index (χ0) is 14.3. The van der Waals surface area contributed by atoms with Gasteiger partial charge in [0.1, 0.15) is 5.92 Å². The van der Waals surface area contributed by atoms with Gasteiger partial charge in [0, 0.05) is 39.3 Å². The van der Waals surface area contributed by atoms with Crippen molar-refractivity contribution in [3.63, 3.8) is 0 Å². The summed E-state index contributed by atoms with van der Waals surface area (Å²) in [6.45, 7) is 7.46. The van der Waals surface area contributed by atoms with Crippen LogP contribution in [0.2, 0.25) is 0 Å². The molecule has 0 spiro atoms. The number of nitrogens with zero attached hydrogens (tertiary/aromatic N) is 4. The van der Waals surface area contributed by atoms with Crippen LogP contribution >= 0.6 is 0 Å². The summed E-state index contributed by atoms with van der Waals surface area (Å²) in [4.78, 5) is 18.6. The quantitative estimate of drug-likeness (QED) is 0.707. The second kappa shape index (κ2) is 8.13. The fraction of sp³-hybridized carbons (Fsp3) is 0.857. The number of amides is 1. The molecule has 0 aromatic heterocycles. The van der Waals surface area contributed by atoms with Gasteiger partial charge >= 0.3 is 0 Å². The molecule has 0 saturated carbocycles. The average molecular weight is 266 g/mol. The molecule has 1 fully saturated rings. The number of piperazine rings is 1. The van der Waals surface area contributed by atoms with Crippen molar-refractivity contribution in [2.45, 2.75) is 19.8 Å². The van der Waals surface area contributed by atoms with Gasteiger partial charge in [-0.05, 0) is 20.5 Å². The topological polar surface area (TPSA) is 50.6 Å². The first-order chi connectivity index (χ1) is 9.08. The standard InChI is InChI=1S/C14H26N4O/c1-4-5-13(12-15)14(19)18-10-8-17(9-11-18)7-6-16(2)3/h13H,4-11H2,1-3H3. The second-order valence-electron chi connectivity index (χ2n) is 5.44. The fourth-order valence-electron chi connectivity index (χ4n) is 2.29. The van der Waals surface area contributed by atoms with Gasteiger partial charge in [-0.25, -0.2) is 0 Å². The van der Waals surface area contributed by atoms with E-state index in [0.29, 0.717) is 6.42 Å². The van der Waals surface area contributed by atoms with E-state index in [0.717, 1.165) is 45.7 Å². The van der Waals surface area contributed by atoms with Crippen LogP contribution in [-0.4, -0.2) is 74.0 Å². The van der Waals surface area contributed by atoms with Crippen LogP contribution in [0.25, 0.3) is 0 Å². The zero-order valence-electron chi connectivity index (χ0n) is 12.4. The van der Waals surface area contributed by atoms with Gasteiger partial charge in [-0.3, -0.25) is 9.69 Å². The highest BCUT2D eigenvalue weighted by atomic mass is 16.2. The van der Waals surface area contributed by atoms with Gasteiger partial charge in [0.15, 0.2) is 0 Å². The zero-order valence-corrected chi connectivity index (χ0v) is 12.4. The maximum absolute atomic E-state index is 12.2. The van der Waals surface area contributed by atoms with Crippen LogP contribution in [0.5, 0.6) is 0 Å². The molecule has 1 aliphatic heterocycles. The third-order valence-electron chi connectivity index (χ3n) is 3.58. The van der Waals surface area contributed by atoms with E-state index < -0.39 is 5.92 Å². The van der Waals surface area contributed by atoms with Crippen LogP contribution in [0.4, 0.5) is 0 Å². The molecule has 1 heterocycles. The molecule has 1 saturated heterocycles. The van der Waals surface area contributed by atoms with Crippen molar-refractivity contribution in [1.82, 2.24) is 14.7 Å². The molecule has 1 rings (SSSR count). The number of nitriles is 1. The van der Waals surface area contributed by atoms with E-state index in [1.54, 1.807) is 0 Å². The molecule has 1 amide bonds. The number of likely N-dealkylation sites (N-methyl/N-ethyl adjacent to an activating group) is 1. The average Bonchev–Trinajstić information content (AvgIpc) is 2.42. The number of hydrogen-bond acceptors (Lipinski definition) is 4. The van der Waals surface area contributed by atoms with E-state index in [2.05, 4.69) is 30.0 Å². The van der Waals surface area contributed by atoms with Gasteiger partial charge in [-0.15, -0.1) is 0 Å². The SMILES string of the molecule is CCCC(C#N)C(=O)N1CCN(CCN(C)C)CC1. The summed E-state index contributed by atoms with van der Waals surface area (Å²) in [5.41, 5.74) is 0. The first-order valence-corrected chi connectivity index (χ1v) is 7.14. The Bertz CT molecular complexity index is 316. The highest BCUT2D eigenvalue weighted by molar-refractivity contribution is 5.81. The molecular formula is C14H26N4O. The largest absolute Gasteiger partial charge is 0.339 e. The Hall–Kier alpha value is -1.12. The first-order valence-electron chi connectivity index (χ1n) is 7.14. The van der Waals surface area contributed by atoms with Crippen LogP contribution in [0, 0.1) is 17.2 Å². The van der Waals surface area contributed by atoms with Gasteiger partial charge < -0.3 is 9.80 Å². The minimum absolute atomic E-state index is 0.0246. The molecule has 0 aromatic carbocycles. The molecule has 0 N–H and O–H groups in total. The molecule has 108 valence electrons. The summed E-state index contributed by atoms with van der Waals surface area (Å²) >= 11 is 0. The van der Waals surface area contributed by atoms with E-state index >= 15 is 0 Å². The molecule has 0 bridgehead atoms. The maximum Gasteiger partial charge on any atom is 0.240 e. The van der Waals surface area contributed by atoms with Gasteiger partial charge in [-0.1, -0.05) is 13.3 Å².